The summed E-state index contributed by atoms with van der Waals surface area (Å²) < 4.78 is 26.8. The van der Waals surface area contributed by atoms with Crippen molar-refractivity contribution in [3.05, 3.63) is 29.3 Å². The van der Waals surface area contributed by atoms with Gasteiger partial charge in [0.2, 0.25) is 0 Å². The second kappa shape index (κ2) is 6.18. The summed E-state index contributed by atoms with van der Waals surface area (Å²) in [7, 11) is 0. The lowest BCUT2D eigenvalue weighted by molar-refractivity contribution is 0.0696. The second-order valence-corrected chi connectivity index (χ2v) is 3.75. The van der Waals surface area contributed by atoms with Crippen LogP contribution in [0.15, 0.2) is 12.1 Å². The van der Waals surface area contributed by atoms with Gasteiger partial charge in [-0.05, 0) is 18.6 Å². The van der Waals surface area contributed by atoms with E-state index in [-0.39, 0.29) is 11.3 Å². The van der Waals surface area contributed by atoms with E-state index in [1.54, 1.807) is 0 Å². The van der Waals surface area contributed by atoms with E-state index in [0.717, 1.165) is 31.4 Å². The molecule has 94 valence electrons. The Morgan fingerprint density at radius 2 is 1.88 bits per heavy atom. The standard InChI is InChI=1S/C12H15F2NO2/c1-2-3-4-5-15-11-9(13)6-8(12(16)17)7-10(11)14/h6-7,15H,2-5H2,1H3,(H,16,17). The van der Waals surface area contributed by atoms with Crippen molar-refractivity contribution < 1.29 is 18.7 Å². The van der Waals surface area contributed by atoms with Gasteiger partial charge in [0.25, 0.3) is 0 Å². The minimum absolute atomic E-state index is 0.258. The molecule has 1 aromatic rings. The van der Waals surface area contributed by atoms with Crippen molar-refractivity contribution in [3.8, 4) is 0 Å². The Bertz CT molecular complexity index is 384. The van der Waals surface area contributed by atoms with Crippen LogP contribution in [-0.4, -0.2) is 17.6 Å². The Balaban J connectivity index is 2.76. The number of anilines is 1. The molecule has 0 aromatic heterocycles. The molecular weight excluding hydrogens is 228 g/mol. The lowest BCUT2D eigenvalue weighted by atomic mass is 10.2. The Labute approximate surface area is 98.5 Å². The topological polar surface area (TPSA) is 49.3 Å². The summed E-state index contributed by atoms with van der Waals surface area (Å²) in [5, 5.41) is 11.3. The summed E-state index contributed by atoms with van der Waals surface area (Å²) in [5.74, 6) is -3.10. The van der Waals surface area contributed by atoms with Gasteiger partial charge >= 0.3 is 5.97 Å². The number of carbonyl (C=O) groups is 1. The molecule has 0 aliphatic heterocycles. The SMILES string of the molecule is CCCCCNc1c(F)cc(C(=O)O)cc1F. The maximum atomic E-state index is 13.4. The van der Waals surface area contributed by atoms with E-state index in [0.29, 0.717) is 6.54 Å². The maximum absolute atomic E-state index is 13.4. The van der Waals surface area contributed by atoms with Gasteiger partial charge in [-0.3, -0.25) is 0 Å². The summed E-state index contributed by atoms with van der Waals surface area (Å²) in [4.78, 5) is 10.6. The van der Waals surface area contributed by atoms with Crippen LogP contribution in [0.5, 0.6) is 0 Å². The van der Waals surface area contributed by atoms with Crippen LogP contribution in [0.1, 0.15) is 36.5 Å². The first-order valence-electron chi connectivity index (χ1n) is 5.52. The molecule has 0 heterocycles. The first kappa shape index (κ1) is 13.4. The molecule has 1 aromatic carbocycles. The lowest BCUT2D eigenvalue weighted by Gasteiger charge is -2.09. The van der Waals surface area contributed by atoms with Crippen LogP contribution in [-0.2, 0) is 0 Å². The van der Waals surface area contributed by atoms with E-state index >= 15 is 0 Å². The van der Waals surface area contributed by atoms with Crippen molar-refractivity contribution in [1.29, 1.82) is 0 Å². The minimum Gasteiger partial charge on any atom is -0.478 e. The van der Waals surface area contributed by atoms with Gasteiger partial charge in [0, 0.05) is 6.54 Å². The van der Waals surface area contributed by atoms with Gasteiger partial charge in [0.05, 0.1) is 5.56 Å². The van der Waals surface area contributed by atoms with E-state index in [2.05, 4.69) is 5.32 Å². The quantitative estimate of drug-likeness (QED) is 0.754. The number of rotatable bonds is 6. The molecule has 3 nitrogen and oxygen atoms in total. The van der Waals surface area contributed by atoms with Gasteiger partial charge in [-0.15, -0.1) is 0 Å². The zero-order chi connectivity index (χ0) is 12.8. The molecular formula is C12H15F2NO2. The molecule has 1 rings (SSSR count). The van der Waals surface area contributed by atoms with Crippen molar-refractivity contribution in [3.63, 3.8) is 0 Å². The largest absolute Gasteiger partial charge is 0.478 e. The average Bonchev–Trinajstić information content (AvgIpc) is 2.26. The first-order chi connectivity index (χ1) is 8.06. The van der Waals surface area contributed by atoms with Crippen molar-refractivity contribution >= 4 is 11.7 Å². The first-order valence-corrected chi connectivity index (χ1v) is 5.52. The minimum atomic E-state index is -1.35. The van der Waals surface area contributed by atoms with Crippen LogP contribution in [0.3, 0.4) is 0 Å². The number of carboxylic acids is 1. The summed E-state index contributed by atoms with van der Waals surface area (Å²) in [6, 6.07) is 1.63. The Morgan fingerprint density at radius 3 is 2.35 bits per heavy atom. The highest BCUT2D eigenvalue weighted by molar-refractivity contribution is 5.88. The fourth-order valence-corrected chi connectivity index (χ4v) is 1.45. The summed E-state index contributed by atoms with van der Waals surface area (Å²) in [6.07, 6.45) is 2.81. The Hall–Kier alpha value is -1.65. The molecule has 0 spiro atoms. The number of nitrogens with one attached hydrogen (secondary N) is 1. The fraction of sp³-hybridized carbons (Fsp3) is 0.417. The van der Waals surface area contributed by atoms with Crippen LogP contribution in [0.25, 0.3) is 0 Å². The van der Waals surface area contributed by atoms with Crippen LogP contribution in [0.4, 0.5) is 14.5 Å². The molecule has 0 fully saturated rings. The molecule has 5 heteroatoms. The predicted molar refractivity (Wildman–Crippen MR) is 61.3 cm³/mol. The number of hydrogen-bond donors (Lipinski definition) is 2. The third-order valence-electron chi connectivity index (χ3n) is 2.37. The zero-order valence-corrected chi connectivity index (χ0v) is 9.59. The summed E-state index contributed by atoms with van der Waals surface area (Å²) in [5.41, 5.74) is -0.648. The number of halogens is 2. The molecule has 0 amide bonds. The lowest BCUT2D eigenvalue weighted by Crippen LogP contribution is -2.07. The molecule has 2 N–H and O–H groups in total. The van der Waals surface area contributed by atoms with Crippen molar-refractivity contribution in [2.45, 2.75) is 26.2 Å². The molecule has 0 saturated heterocycles. The summed E-state index contributed by atoms with van der Waals surface area (Å²) in [6.45, 7) is 2.50. The van der Waals surface area contributed by atoms with Crippen LogP contribution >= 0.6 is 0 Å². The number of unbranched alkanes of at least 4 members (excludes halogenated alkanes) is 2. The smallest absolute Gasteiger partial charge is 0.335 e. The molecule has 0 aliphatic carbocycles. The van der Waals surface area contributed by atoms with E-state index in [4.69, 9.17) is 5.11 Å². The van der Waals surface area contributed by atoms with Gasteiger partial charge < -0.3 is 10.4 Å². The van der Waals surface area contributed by atoms with Crippen molar-refractivity contribution in [2.24, 2.45) is 0 Å². The van der Waals surface area contributed by atoms with E-state index in [9.17, 15) is 13.6 Å². The highest BCUT2D eigenvalue weighted by atomic mass is 19.1. The van der Waals surface area contributed by atoms with Gasteiger partial charge in [0.15, 0.2) is 0 Å². The molecule has 0 radical (unpaired) electrons. The Morgan fingerprint density at radius 1 is 1.29 bits per heavy atom. The van der Waals surface area contributed by atoms with E-state index in [1.807, 2.05) is 6.92 Å². The van der Waals surface area contributed by atoms with Gasteiger partial charge in [0.1, 0.15) is 17.3 Å². The van der Waals surface area contributed by atoms with Gasteiger partial charge in [-0.1, -0.05) is 19.8 Å². The van der Waals surface area contributed by atoms with Crippen LogP contribution in [0, 0.1) is 11.6 Å². The normalized spacial score (nSPS) is 10.3. The maximum Gasteiger partial charge on any atom is 0.335 e. The van der Waals surface area contributed by atoms with E-state index < -0.39 is 17.6 Å². The predicted octanol–water partition coefficient (Wildman–Crippen LogP) is 3.27. The zero-order valence-electron chi connectivity index (χ0n) is 9.59. The fourth-order valence-electron chi connectivity index (χ4n) is 1.45. The molecule has 17 heavy (non-hydrogen) atoms. The number of aromatic carboxylic acids is 1. The Kier molecular flexibility index (Phi) is 4.87. The molecule has 0 aliphatic rings. The third-order valence-corrected chi connectivity index (χ3v) is 2.37. The highest BCUT2D eigenvalue weighted by Gasteiger charge is 2.13. The monoisotopic (exact) mass is 243 g/mol. The molecule has 0 atom stereocenters. The summed E-state index contributed by atoms with van der Waals surface area (Å²) >= 11 is 0. The van der Waals surface area contributed by atoms with Crippen LogP contribution < -0.4 is 5.32 Å². The number of benzene rings is 1. The molecule has 0 bridgehead atoms. The van der Waals surface area contributed by atoms with Gasteiger partial charge in [-0.2, -0.15) is 0 Å². The third kappa shape index (κ3) is 3.69. The van der Waals surface area contributed by atoms with Crippen molar-refractivity contribution in [2.75, 3.05) is 11.9 Å². The molecule has 0 saturated carbocycles. The van der Waals surface area contributed by atoms with Crippen molar-refractivity contribution in [1.82, 2.24) is 0 Å². The number of carboxylic acid groups (broad SMARTS) is 1. The van der Waals surface area contributed by atoms with Crippen LogP contribution in [0.2, 0.25) is 0 Å². The van der Waals surface area contributed by atoms with E-state index in [1.165, 1.54) is 0 Å². The van der Waals surface area contributed by atoms with Gasteiger partial charge in [-0.25, -0.2) is 13.6 Å². The highest BCUT2D eigenvalue weighted by Crippen LogP contribution is 2.20. The second-order valence-electron chi connectivity index (χ2n) is 3.75. The number of hydrogen-bond acceptors (Lipinski definition) is 2. The average molecular weight is 243 g/mol. The molecule has 0 unspecified atom stereocenters.